The van der Waals surface area contributed by atoms with Crippen LogP contribution in [0.25, 0.3) is 0 Å². The molecule has 0 aromatic rings. The predicted octanol–water partition coefficient (Wildman–Crippen LogP) is 0.370. The molecule has 1 aliphatic heterocycles. The highest BCUT2D eigenvalue weighted by atomic mass is 16.3. The van der Waals surface area contributed by atoms with E-state index < -0.39 is 0 Å². The van der Waals surface area contributed by atoms with E-state index in [1.165, 1.54) is 0 Å². The molecule has 1 rings (SSSR count). The zero-order valence-electron chi connectivity index (χ0n) is 4.59. The average Bonchev–Trinajstić information content (AvgIpc) is 1.90. The van der Waals surface area contributed by atoms with Gasteiger partial charge in [-0.2, -0.15) is 0 Å². The summed E-state index contributed by atoms with van der Waals surface area (Å²) in [5.74, 6) is 0. The SMILES string of the molecule is OCC1=CCC=CN1. The normalized spacial score (nSPS) is 17.4. The summed E-state index contributed by atoms with van der Waals surface area (Å²) in [5, 5.41) is 11.4. The summed E-state index contributed by atoms with van der Waals surface area (Å²) in [4.78, 5) is 0. The highest BCUT2D eigenvalue weighted by molar-refractivity contribution is 5.10. The summed E-state index contributed by atoms with van der Waals surface area (Å²) >= 11 is 0. The Morgan fingerprint density at radius 3 is 3.00 bits per heavy atom. The number of aliphatic hydroxyl groups excluding tert-OH is 1. The first-order valence-corrected chi connectivity index (χ1v) is 2.65. The van der Waals surface area contributed by atoms with E-state index in [2.05, 4.69) is 5.32 Å². The van der Waals surface area contributed by atoms with Crippen LogP contribution in [-0.4, -0.2) is 11.7 Å². The fraction of sp³-hybridized carbons (Fsp3) is 0.333. The summed E-state index contributed by atoms with van der Waals surface area (Å²) in [7, 11) is 0. The molecular formula is C6H9NO. The van der Waals surface area contributed by atoms with E-state index in [0.717, 1.165) is 12.1 Å². The molecular weight excluding hydrogens is 102 g/mol. The van der Waals surface area contributed by atoms with Crippen molar-refractivity contribution in [1.82, 2.24) is 5.32 Å². The van der Waals surface area contributed by atoms with Crippen molar-refractivity contribution >= 4 is 0 Å². The Hall–Kier alpha value is -0.760. The molecule has 0 aromatic carbocycles. The van der Waals surface area contributed by atoms with Crippen LogP contribution in [0.4, 0.5) is 0 Å². The largest absolute Gasteiger partial charge is 0.390 e. The Morgan fingerprint density at radius 2 is 2.62 bits per heavy atom. The van der Waals surface area contributed by atoms with Crippen LogP contribution in [-0.2, 0) is 0 Å². The third-order valence-corrected chi connectivity index (χ3v) is 1.06. The standard InChI is InChI=1S/C6H9NO/c8-5-6-3-1-2-4-7-6/h2-4,7-8H,1,5H2. The van der Waals surface area contributed by atoms with Crippen molar-refractivity contribution in [3.05, 3.63) is 24.0 Å². The third-order valence-electron chi connectivity index (χ3n) is 1.06. The zero-order chi connectivity index (χ0) is 5.82. The fourth-order valence-corrected chi connectivity index (χ4v) is 0.613. The van der Waals surface area contributed by atoms with E-state index in [0.29, 0.717) is 0 Å². The second kappa shape index (κ2) is 2.52. The first kappa shape index (κ1) is 5.38. The van der Waals surface area contributed by atoms with E-state index in [4.69, 9.17) is 5.11 Å². The van der Waals surface area contributed by atoms with Gasteiger partial charge in [0, 0.05) is 5.70 Å². The molecule has 2 N–H and O–H groups in total. The zero-order valence-corrected chi connectivity index (χ0v) is 4.59. The Morgan fingerprint density at radius 1 is 1.75 bits per heavy atom. The minimum atomic E-state index is 0.115. The van der Waals surface area contributed by atoms with Crippen LogP contribution in [0.5, 0.6) is 0 Å². The molecule has 0 unspecified atom stereocenters. The van der Waals surface area contributed by atoms with Gasteiger partial charge in [-0.05, 0) is 12.6 Å². The Bertz CT molecular complexity index is 126. The smallest absolute Gasteiger partial charge is 0.0827 e. The Kier molecular flexibility index (Phi) is 1.70. The van der Waals surface area contributed by atoms with E-state index >= 15 is 0 Å². The van der Waals surface area contributed by atoms with Gasteiger partial charge >= 0.3 is 0 Å². The average molecular weight is 111 g/mol. The lowest BCUT2D eigenvalue weighted by atomic mass is 10.3. The molecule has 0 spiro atoms. The quantitative estimate of drug-likeness (QED) is 0.512. The molecule has 0 atom stereocenters. The molecule has 0 aromatic heterocycles. The molecule has 0 bridgehead atoms. The van der Waals surface area contributed by atoms with Gasteiger partial charge in [-0.15, -0.1) is 0 Å². The summed E-state index contributed by atoms with van der Waals surface area (Å²) in [6.07, 6.45) is 6.73. The number of dihydropyridines is 1. The molecule has 1 heterocycles. The summed E-state index contributed by atoms with van der Waals surface area (Å²) in [6, 6.07) is 0. The second-order valence-corrected chi connectivity index (χ2v) is 1.67. The maximum atomic E-state index is 8.53. The number of rotatable bonds is 1. The van der Waals surface area contributed by atoms with E-state index in [1.807, 2.05) is 18.4 Å². The van der Waals surface area contributed by atoms with Gasteiger partial charge in [0.25, 0.3) is 0 Å². The van der Waals surface area contributed by atoms with Crippen LogP contribution in [0.1, 0.15) is 6.42 Å². The van der Waals surface area contributed by atoms with E-state index in [1.54, 1.807) is 0 Å². The third kappa shape index (κ3) is 1.10. The van der Waals surface area contributed by atoms with E-state index in [9.17, 15) is 0 Å². The molecule has 8 heavy (non-hydrogen) atoms. The van der Waals surface area contributed by atoms with Crippen LogP contribution in [0.2, 0.25) is 0 Å². The summed E-state index contributed by atoms with van der Waals surface area (Å²) in [5.41, 5.74) is 0.896. The molecule has 44 valence electrons. The van der Waals surface area contributed by atoms with Crippen LogP contribution < -0.4 is 5.32 Å². The van der Waals surface area contributed by atoms with Crippen molar-refractivity contribution < 1.29 is 5.11 Å². The van der Waals surface area contributed by atoms with Crippen molar-refractivity contribution in [2.75, 3.05) is 6.61 Å². The van der Waals surface area contributed by atoms with Gasteiger partial charge in [0.15, 0.2) is 0 Å². The first-order chi connectivity index (χ1) is 3.93. The molecule has 1 aliphatic rings. The van der Waals surface area contributed by atoms with Gasteiger partial charge in [-0.1, -0.05) is 12.2 Å². The minimum Gasteiger partial charge on any atom is -0.390 e. The maximum Gasteiger partial charge on any atom is 0.0827 e. The van der Waals surface area contributed by atoms with Gasteiger partial charge < -0.3 is 10.4 Å². The van der Waals surface area contributed by atoms with Crippen LogP contribution in [0.15, 0.2) is 24.0 Å². The lowest BCUT2D eigenvalue weighted by molar-refractivity contribution is 0.324. The first-order valence-electron chi connectivity index (χ1n) is 2.65. The van der Waals surface area contributed by atoms with Gasteiger partial charge in [0.05, 0.1) is 6.61 Å². The maximum absolute atomic E-state index is 8.53. The Labute approximate surface area is 48.5 Å². The van der Waals surface area contributed by atoms with Crippen molar-refractivity contribution in [1.29, 1.82) is 0 Å². The summed E-state index contributed by atoms with van der Waals surface area (Å²) in [6.45, 7) is 0.115. The van der Waals surface area contributed by atoms with Crippen molar-refractivity contribution in [3.63, 3.8) is 0 Å². The van der Waals surface area contributed by atoms with Crippen LogP contribution in [0.3, 0.4) is 0 Å². The van der Waals surface area contributed by atoms with Crippen molar-refractivity contribution in [2.45, 2.75) is 6.42 Å². The summed E-state index contributed by atoms with van der Waals surface area (Å²) < 4.78 is 0. The van der Waals surface area contributed by atoms with Crippen molar-refractivity contribution in [2.24, 2.45) is 0 Å². The topological polar surface area (TPSA) is 32.3 Å². The molecule has 0 saturated carbocycles. The molecule has 0 aliphatic carbocycles. The number of nitrogens with one attached hydrogen (secondary N) is 1. The lowest BCUT2D eigenvalue weighted by Gasteiger charge is -2.05. The highest BCUT2D eigenvalue weighted by Crippen LogP contribution is 1.97. The van der Waals surface area contributed by atoms with Gasteiger partial charge in [0.1, 0.15) is 0 Å². The number of aliphatic hydroxyl groups is 1. The molecule has 0 fully saturated rings. The predicted molar refractivity (Wildman–Crippen MR) is 32.1 cm³/mol. The van der Waals surface area contributed by atoms with Crippen LogP contribution >= 0.6 is 0 Å². The molecule has 0 radical (unpaired) electrons. The monoisotopic (exact) mass is 111 g/mol. The molecule has 0 saturated heterocycles. The fourth-order valence-electron chi connectivity index (χ4n) is 0.613. The molecule has 2 heteroatoms. The lowest BCUT2D eigenvalue weighted by Crippen LogP contribution is -2.10. The number of allylic oxidation sites excluding steroid dienone is 2. The minimum absolute atomic E-state index is 0.115. The van der Waals surface area contributed by atoms with Crippen molar-refractivity contribution in [3.8, 4) is 0 Å². The molecule has 2 nitrogen and oxygen atoms in total. The van der Waals surface area contributed by atoms with Gasteiger partial charge in [-0.25, -0.2) is 0 Å². The van der Waals surface area contributed by atoms with Gasteiger partial charge in [-0.3, -0.25) is 0 Å². The molecule has 0 amide bonds. The van der Waals surface area contributed by atoms with E-state index in [-0.39, 0.29) is 6.61 Å². The Balaban J connectivity index is 2.43. The highest BCUT2D eigenvalue weighted by Gasteiger charge is 1.91. The second-order valence-electron chi connectivity index (χ2n) is 1.67. The number of hydrogen-bond acceptors (Lipinski definition) is 2. The van der Waals surface area contributed by atoms with Crippen LogP contribution in [0, 0.1) is 0 Å². The number of hydrogen-bond donors (Lipinski definition) is 2. The van der Waals surface area contributed by atoms with Gasteiger partial charge in [0.2, 0.25) is 0 Å².